The van der Waals surface area contributed by atoms with Crippen molar-refractivity contribution in [2.24, 2.45) is 5.73 Å². The summed E-state index contributed by atoms with van der Waals surface area (Å²) in [4.78, 5) is 12.1. The van der Waals surface area contributed by atoms with Gasteiger partial charge in [-0.25, -0.2) is 0 Å². The third-order valence-corrected chi connectivity index (χ3v) is 4.17. The number of hydrogen-bond donors (Lipinski definition) is 2. The van der Waals surface area contributed by atoms with Gasteiger partial charge < -0.3 is 11.1 Å². The maximum Gasteiger partial charge on any atom is 0.252 e. The number of carbonyl (C=O) groups excluding carboxylic acids is 1. The zero-order valence-electron chi connectivity index (χ0n) is 10.7. The average molecular weight is 301 g/mol. The average Bonchev–Trinajstić information content (AvgIpc) is 2.37. The first-order chi connectivity index (χ1) is 9.00. The van der Waals surface area contributed by atoms with Gasteiger partial charge in [0.15, 0.2) is 0 Å². The summed E-state index contributed by atoms with van der Waals surface area (Å²) in [7, 11) is 0. The lowest BCUT2D eigenvalue weighted by molar-refractivity contribution is 0.0938. The van der Waals surface area contributed by atoms with Crippen molar-refractivity contribution in [3.05, 3.63) is 33.8 Å². The SMILES string of the molecule is NC1(CNC(=O)c2ccc(Cl)cc2Cl)CCCCC1. The van der Waals surface area contributed by atoms with Gasteiger partial charge in [-0.05, 0) is 31.0 Å². The van der Waals surface area contributed by atoms with Crippen molar-refractivity contribution >= 4 is 29.1 Å². The van der Waals surface area contributed by atoms with Crippen LogP contribution in [0.2, 0.25) is 10.0 Å². The van der Waals surface area contributed by atoms with Crippen LogP contribution in [0.3, 0.4) is 0 Å². The molecule has 5 heteroatoms. The topological polar surface area (TPSA) is 55.1 Å². The smallest absolute Gasteiger partial charge is 0.252 e. The molecule has 0 aliphatic heterocycles. The monoisotopic (exact) mass is 300 g/mol. The summed E-state index contributed by atoms with van der Waals surface area (Å²) in [5, 5.41) is 3.76. The Morgan fingerprint density at radius 3 is 2.58 bits per heavy atom. The van der Waals surface area contributed by atoms with Crippen LogP contribution in [-0.2, 0) is 0 Å². The van der Waals surface area contributed by atoms with E-state index in [-0.39, 0.29) is 11.4 Å². The van der Waals surface area contributed by atoms with Gasteiger partial charge in [0, 0.05) is 17.1 Å². The molecule has 3 N–H and O–H groups in total. The van der Waals surface area contributed by atoms with E-state index in [1.54, 1.807) is 18.2 Å². The van der Waals surface area contributed by atoms with Crippen LogP contribution in [0.4, 0.5) is 0 Å². The number of nitrogens with two attached hydrogens (primary N) is 1. The van der Waals surface area contributed by atoms with E-state index in [0.717, 1.165) is 25.7 Å². The number of amides is 1. The van der Waals surface area contributed by atoms with Gasteiger partial charge in [0.2, 0.25) is 0 Å². The normalized spacial score (nSPS) is 18.1. The highest BCUT2D eigenvalue weighted by atomic mass is 35.5. The molecule has 19 heavy (non-hydrogen) atoms. The number of rotatable bonds is 3. The molecule has 1 fully saturated rings. The molecular weight excluding hydrogens is 283 g/mol. The second-order valence-corrected chi connectivity index (χ2v) is 6.07. The molecule has 1 aliphatic carbocycles. The molecule has 0 heterocycles. The van der Waals surface area contributed by atoms with Crippen LogP contribution in [0.15, 0.2) is 18.2 Å². The molecule has 0 bridgehead atoms. The molecule has 0 atom stereocenters. The largest absolute Gasteiger partial charge is 0.350 e. The van der Waals surface area contributed by atoms with Gasteiger partial charge in [-0.1, -0.05) is 42.5 Å². The third kappa shape index (κ3) is 3.85. The van der Waals surface area contributed by atoms with Crippen molar-refractivity contribution < 1.29 is 4.79 Å². The Morgan fingerprint density at radius 2 is 1.95 bits per heavy atom. The van der Waals surface area contributed by atoms with Crippen molar-refractivity contribution in [3.8, 4) is 0 Å². The fourth-order valence-electron chi connectivity index (χ4n) is 2.46. The van der Waals surface area contributed by atoms with Crippen LogP contribution in [0.5, 0.6) is 0 Å². The minimum Gasteiger partial charge on any atom is -0.350 e. The molecule has 0 saturated heterocycles. The first-order valence-electron chi connectivity index (χ1n) is 6.52. The zero-order chi connectivity index (χ0) is 13.9. The molecule has 0 radical (unpaired) electrons. The maximum absolute atomic E-state index is 12.1. The van der Waals surface area contributed by atoms with E-state index in [4.69, 9.17) is 28.9 Å². The van der Waals surface area contributed by atoms with Crippen LogP contribution in [0.25, 0.3) is 0 Å². The van der Waals surface area contributed by atoms with Crippen LogP contribution in [0, 0.1) is 0 Å². The summed E-state index contributed by atoms with van der Waals surface area (Å²) < 4.78 is 0. The summed E-state index contributed by atoms with van der Waals surface area (Å²) in [6.07, 6.45) is 5.42. The summed E-state index contributed by atoms with van der Waals surface area (Å²) in [6.45, 7) is 0.491. The van der Waals surface area contributed by atoms with Gasteiger partial charge in [-0.2, -0.15) is 0 Å². The third-order valence-electron chi connectivity index (χ3n) is 3.63. The van der Waals surface area contributed by atoms with Crippen molar-refractivity contribution in [1.29, 1.82) is 0 Å². The van der Waals surface area contributed by atoms with Crippen molar-refractivity contribution in [1.82, 2.24) is 5.32 Å². The highest BCUT2D eigenvalue weighted by Crippen LogP contribution is 2.25. The maximum atomic E-state index is 12.1. The molecule has 1 aromatic rings. The summed E-state index contributed by atoms with van der Waals surface area (Å²) in [6, 6.07) is 4.85. The highest BCUT2D eigenvalue weighted by molar-refractivity contribution is 6.36. The molecule has 1 saturated carbocycles. The van der Waals surface area contributed by atoms with Gasteiger partial charge in [-0.15, -0.1) is 0 Å². The van der Waals surface area contributed by atoms with E-state index < -0.39 is 0 Å². The fraction of sp³-hybridized carbons (Fsp3) is 0.500. The van der Waals surface area contributed by atoms with Gasteiger partial charge in [0.05, 0.1) is 10.6 Å². The first kappa shape index (κ1) is 14.6. The predicted octanol–water partition coefficient (Wildman–Crippen LogP) is 3.38. The number of halogens is 2. The van der Waals surface area contributed by atoms with E-state index in [9.17, 15) is 4.79 Å². The fourth-order valence-corrected chi connectivity index (χ4v) is 2.95. The van der Waals surface area contributed by atoms with E-state index in [2.05, 4.69) is 5.32 Å². The molecule has 0 unspecified atom stereocenters. The Labute approximate surface area is 123 Å². The number of carbonyl (C=O) groups is 1. The number of hydrogen-bond acceptors (Lipinski definition) is 2. The molecule has 0 aromatic heterocycles. The van der Waals surface area contributed by atoms with Gasteiger partial charge >= 0.3 is 0 Å². The van der Waals surface area contributed by atoms with Gasteiger partial charge in [-0.3, -0.25) is 4.79 Å². The minimum absolute atomic E-state index is 0.197. The Hall–Kier alpha value is -0.770. The quantitative estimate of drug-likeness (QED) is 0.899. The Kier molecular flexibility index (Phi) is 4.71. The molecule has 1 amide bonds. The lowest BCUT2D eigenvalue weighted by Gasteiger charge is -2.33. The first-order valence-corrected chi connectivity index (χ1v) is 7.28. The second kappa shape index (κ2) is 6.12. The van der Waals surface area contributed by atoms with Crippen molar-refractivity contribution in [3.63, 3.8) is 0 Å². The molecular formula is C14H18Cl2N2O. The second-order valence-electron chi connectivity index (χ2n) is 5.23. The van der Waals surface area contributed by atoms with Crippen molar-refractivity contribution in [2.75, 3.05) is 6.54 Å². The van der Waals surface area contributed by atoms with Crippen LogP contribution in [0.1, 0.15) is 42.5 Å². The van der Waals surface area contributed by atoms with Crippen LogP contribution in [-0.4, -0.2) is 18.0 Å². The molecule has 2 rings (SSSR count). The molecule has 0 spiro atoms. The molecule has 3 nitrogen and oxygen atoms in total. The Morgan fingerprint density at radius 1 is 1.26 bits per heavy atom. The lowest BCUT2D eigenvalue weighted by atomic mass is 9.82. The lowest BCUT2D eigenvalue weighted by Crippen LogP contribution is -2.51. The zero-order valence-corrected chi connectivity index (χ0v) is 12.2. The summed E-state index contributed by atoms with van der Waals surface area (Å²) in [5.41, 5.74) is 6.44. The van der Waals surface area contributed by atoms with E-state index >= 15 is 0 Å². The van der Waals surface area contributed by atoms with E-state index in [0.29, 0.717) is 22.2 Å². The number of benzene rings is 1. The minimum atomic E-state index is -0.271. The molecule has 104 valence electrons. The molecule has 1 aliphatic rings. The van der Waals surface area contributed by atoms with E-state index in [1.807, 2.05) is 0 Å². The van der Waals surface area contributed by atoms with Crippen LogP contribution >= 0.6 is 23.2 Å². The van der Waals surface area contributed by atoms with E-state index in [1.165, 1.54) is 6.42 Å². The predicted molar refractivity (Wildman–Crippen MR) is 78.8 cm³/mol. The molecule has 1 aromatic carbocycles. The van der Waals surface area contributed by atoms with Gasteiger partial charge in [0.1, 0.15) is 0 Å². The number of nitrogens with one attached hydrogen (secondary N) is 1. The summed E-state index contributed by atoms with van der Waals surface area (Å²) in [5.74, 6) is -0.197. The summed E-state index contributed by atoms with van der Waals surface area (Å²) >= 11 is 11.8. The van der Waals surface area contributed by atoms with Crippen LogP contribution < -0.4 is 11.1 Å². The Bertz CT molecular complexity index is 471. The standard InChI is InChI=1S/C14H18Cl2N2O/c15-10-4-5-11(12(16)8-10)13(19)18-9-14(17)6-2-1-3-7-14/h4-5,8H,1-3,6-7,9,17H2,(H,18,19). The van der Waals surface area contributed by atoms with Crippen molar-refractivity contribution in [2.45, 2.75) is 37.6 Å². The highest BCUT2D eigenvalue weighted by Gasteiger charge is 2.28. The van der Waals surface area contributed by atoms with Gasteiger partial charge in [0.25, 0.3) is 5.91 Å². The Balaban J connectivity index is 1.97.